The molecule has 0 heterocycles. The molecule has 20 heavy (non-hydrogen) atoms. The second-order valence-electron chi connectivity index (χ2n) is 6.14. The van der Waals surface area contributed by atoms with Crippen LogP contribution in [0.2, 0.25) is 0 Å². The number of hydrogen-bond donors (Lipinski definition) is 1. The SMILES string of the molecule is COc1cccc2c1C1(CCCCC1)C(C(=O)O)CC2. The minimum absolute atomic E-state index is 0.204. The molecule has 3 heteroatoms. The van der Waals surface area contributed by atoms with Crippen LogP contribution in [0.3, 0.4) is 0 Å². The van der Waals surface area contributed by atoms with E-state index >= 15 is 0 Å². The molecule has 0 bridgehead atoms. The van der Waals surface area contributed by atoms with Gasteiger partial charge in [-0.3, -0.25) is 4.79 Å². The Morgan fingerprint density at radius 1 is 1.30 bits per heavy atom. The minimum atomic E-state index is -0.636. The molecule has 1 spiro atoms. The second kappa shape index (κ2) is 5.12. The Kier molecular flexibility index (Phi) is 3.45. The average Bonchev–Trinajstić information content (AvgIpc) is 2.47. The zero-order chi connectivity index (χ0) is 14.2. The molecule has 0 saturated heterocycles. The molecular formula is C17H22O3. The third kappa shape index (κ3) is 1.91. The smallest absolute Gasteiger partial charge is 0.307 e. The molecule has 2 aliphatic rings. The van der Waals surface area contributed by atoms with Crippen molar-refractivity contribution < 1.29 is 14.6 Å². The maximum atomic E-state index is 11.8. The van der Waals surface area contributed by atoms with Crippen molar-refractivity contribution in [2.24, 2.45) is 5.92 Å². The maximum Gasteiger partial charge on any atom is 0.307 e. The predicted octanol–water partition coefficient (Wildman–Crippen LogP) is 3.54. The van der Waals surface area contributed by atoms with Crippen LogP contribution in [-0.2, 0) is 16.6 Å². The minimum Gasteiger partial charge on any atom is -0.496 e. The van der Waals surface area contributed by atoms with Crippen molar-refractivity contribution in [3.8, 4) is 5.75 Å². The molecule has 1 N–H and O–H groups in total. The first-order valence-electron chi connectivity index (χ1n) is 7.58. The number of aryl methyl sites for hydroxylation is 1. The van der Waals surface area contributed by atoms with Crippen LogP contribution < -0.4 is 4.74 Å². The van der Waals surface area contributed by atoms with Crippen molar-refractivity contribution in [1.29, 1.82) is 0 Å². The molecule has 0 aliphatic heterocycles. The van der Waals surface area contributed by atoms with Crippen molar-refractivity contribution in [1.82, 2.24) is 0 Å². The molecule has 1 aromatic rings. The quantitative estimate of drug-likeness (QED) is 0.897. The highest BCUT2D eigenvalue weighted by molar-refractivity contribution is 5.74. The van der Waals surface area contributed by atoms with Gasteiger partial charge in [0.1, 0.15) is 5.75 Å². The molecular weight excluding hydrogens is 252 g/mol. The number of aliphatic carboxylic acids is 1. The number of carboxylic acid groups (broad SMARTS) is 1. The molecule has 3 rings (SSSR count). The zero-order valence-corrected chi connectivity index (χ0v) is 12.0. The van der Waals surface area contributed by atoms with Crippen molar-refractivity contribution in [3.63, 3.8) is 0 Å². The molecule has 1 saturated carbocycles. The Balaban J connectivity index is 2.18. The summed E-state index contributed by atoms with van der Waals surface area (Å²) in [6.45, 7) is 0. The van der Waals surface area contributed by atoms with Gasteiger partial charge in [-0.1, -0.05) is 31.4 Å². The number of hydrogen-bond acceptors (Lipinski definition) is 2. The van der Waals surface area contributed by atoms with Crippen LogP contribution in [-0.4, -0.2) is 18.2 Å². The first-order chi connectivity index (χ1) is 9.69. The van der Waals surface area contributed by atoms with Crippen LogP contribution in [0.15, 0.2) is 18.2 Å². The fourth-order valence-corrected chi connectivity index (χ4v) is 4.41. The molecule has 108 valence electrons. The van der Waals surface area contributed by atoms with Gasteiger partial charge in [0.05, 0.1) is 13.0 Å². The Hall–Kier alpha value is -1.51. The fourth-order valence-electron chi connectivity index (χ4n) is 4.41. The maximum absolute atomic E-state index is 11.8. The lowest BCUT2D eigenvalue weighted by molar-refractivity contribution is -0.146. The van der Waals surface area contributed by atoms with E-state index in [4.69, 9.17) is 4.74 Å². The summed E-state index contributed by atoms with van der Waals surface area (Å²) >= 11 is 0. The van der Waals surface area contributed by atoms with Crippen molar-refractivity contribution in [2.75, 3.05) is 7.11 Å². The highest BCUT2D eigenvalue weighted by atomic mass is 16.5. The van der Waals surface area contributed by atoms with Gasteiger partial charge in [-0.25, -0.2) is 0 Å². The molecule has 0 amide bonds. The molecule has 3 nitrogen and oxygen atoms in total. The van der Waals surface area contributed by atoms with E-state index in [1.54, 1.807) is 7.11 Å². The molecule has 1 unspecified atom stereocenters. The van der Waals surface area contributed by atoms with Crippen molar-refractivity contribution in [3.05, 3.63) is 29.3 Å². The largest absolute Gasteiger partial charge is 0.496 e. The number of methoxy groups -OCH3 is 1. The van der Waals surface area contributed by atoms with E-state index in [2.05, 4.69) is 6.07 Å². The highest BCUT2D eigenvalue weighted by Gasteiger charge is 2.49. The number of ether oxygens (including phenoxy) is 1. The first kappa shape index (κ1) is 13.5. The van der Waals surface area contributed by atoms with E-state index < -0.39 is 5.97 Å². The van der Waals surface area contributed by atoms with Crippen molar-refractivity contribution >= 4 is 5.97 Å². The summed E-state index contributed by atoms with van der Waals surface area (Å²) in [6, 6.07) is 6.15. The Morgan fingerprint density at radius 3 is 2.70 bits per heavy atom. The van der Waals surface area contributed by atoms with Gasteiger partial charge in [-0.2, -0.15) is 0 Å². The topological polar surface area (TPSA) is 46.5 Å². The van der Waals surface area contributed by atoms with Crippen LogP contribution >= 0.6 is 0 Å². The summed E-state index contributed by atoms with van der Waals surface area (Å²) in [5.41, 5.74) is 2.29. The predicted molar refractivity (Wildman–Crippen MR) is 77.2 cm³/mol. The van der Waals surface area contributed by atoms with Crippen LogP contribution in [0, 0.1) is 5.92 Å². The number of carboxylic acids is 1. The van der Waals surface area contributed by atoms with Gasteiger partial charge < -0.3 is 9.84 Å². The Morgan fingerprint density at radius 2 is 2.05 bits per heavy atom. The average molecular weight is 274 g/mol. The van der Waals surface area contributed by atoms with Crippen LogP contribution in [0.25, 0.3) is 0 Å². The van der Waals surface area contributed by atoms with Crippen LogP contribution in [0.1, 0.15) is 49.7 Å². The number of carbonyl (C=O) groups is 1. The monoisotopic (exact) mass is 274 g/mol. The summed E-state index contributed by atoms with van der Waals surface area (Å²) in [6.07, 6.45) is 7.05. The third-order valence-electron chi connectivity index (χ3n) is 5.24. The molecule has 1 fully saturated rings. The number of rotatable bonds is 2. The molecule has 1 atom stereocenters. The van der Waals surface area contributed by atoms with E-state index in [0.717, 1.165) is 44.3 Å². The summed E-state index contributed by atoms with van der Waals surface area (Å²) < 4.78 is 5.58. The summed E-state index contributed by atoms with van der Waals surface area (Å²) in [7, 11) is 1.69. The lowest BCUT2D eigenvalue weighted by Crippen LogP contribution is -2.45. The summed E-state index contributed by atoms with van der Waals surface area (Å²) in [4.78, 5) is 11.8. The lowest BCUT2D eigenvalue weighted by atomic mass is 9.57. The first-order valence-corrected chi connectivity index (χ1v) is 7.58. The van der Waals surface area contributed by atoms with Gasteiger partial charge in [0.2, 0.25) is 0 Å². The van der Waals surface area contributed by atoms with Crippen molar-refractivity contribution in [2.45, 2.75) is 50.4 Å². The fraction of sp³-hybridized carbons (Fsp3) is 0.588. The standard InChI is InChI=1S/C17H22O3/c1-20-14-7-5-6-12-8-9-13(16(18)19)17(15(12)14)10-3-2-4-11-17/h5-7,13H,2-4,8-11H2,1H3,(H,18,19). The Labute approximate surface area is 120 Å². The van der Waals surface area contributed by atoms with E-state index in [-0.39, 0.29) is 11.3 Å². The van der Waals surface area contributed by atoms with E-state index in [0.29, 0.717) is 0 Å². The molecule has 2 aliphatic carbocycles. The molecule has 0 aromatic heterocycles. The second-order valence-corrected chi connectivity index (χ2v) is 6.14. The number of benzene rings is 1. The van der Waals surface area contributed by atoms with Gasteiger partial charge in [-0.15, -0.1) is 0 Å². The van der Waals surface area contributed by atoms with Gasteiger partial charge in [0.25, 0.3) is 0 Å². The molecule has 0 radical (unpaired) electrons. The van der Waals surface area contributed by atoms with Gasteiger partial charge >= 0.3 is 5.97 Å². The lowest BCUT2D eigenvalue weighted by Gasteiger charge is -2.46. The van der Waals surface area contributed by atoms with Gasteiger partial charge in [0.15, 0.2) is 0 Å². The van der Waals surface area contributed by atoms with Crippen LogP contribution in [0.4, 0.5) is 0 Å². The normalized spacial score (nSPS) is 24.1. The highest BCUT2D eigenvalue weighted by Crippen LogP contribution is 2.53. The van der Waals surface area contributed by atoms with E-state index in [1.165, 1.54) is 17.5 Å². The molecule has 1 aromatic carbocycles. The Bertz CT molecular complexity index is 501. The summed E-state index contributed by atoms with van der Waals surface area (Å²) in [5.74, 6) is -0.00888. The van der Waals surface area contributed by atoms with E-state index in [1.807, 2.05) is 12.1 Å². The number of fused-ring (bicyclic) bond motifs is 2. The van der Waals surface area contributed by atoms with Gasteiger partial charge in [0, 0.05) is 11.0 Å². The van der Waals surface area contributed by atoms with E-state index in [9.17, 15) is 9.90 Å². The third-order valence-corrected chi connectivity index (χ3v) is 5.24. The van der Waals surface area contributed by atoms with Crippen LogP contribution in [0.5, 0.6) is 5.75 Å². The van der Waals surface area contributed by atoms with Gasteiger partial charge in [-0.05, 0) is 37.3 Å². The summed E-state index contributed by atoms with van der Waals surface area (Å²) in [5, 5.41) is 9.70. The zero-order valence-electron chi connectivity index (χ0n) is 12.0.